The molecule has 3 nitrogen and oxygen atoms in total. The van der Waals surface area contributed by atoms with Crippen LogP contribution in [0.15, 0.2) is 36.4 Å². The first kappa shape index (κ1) is 13.5. The summed E-state index contributed by atoms with van der Waals surface area (Å²) in [5, 5.41) is 3.07. The maximum Gasteiger partial charge on any atom is 0.248 e. The minimum absolute atomic E-state index is 0.0989. The Balaban J connectivity index is 1.89. The van der Waals surface area contributed by atoms with Gasteiger partial charge in [-0.3, -0.25) is 4.79 Å². The molecule has 0 heterocycles. The highest BCUT2D eigenvalue weighted by Crippen LogP contribution is 2.34. The number of amides is 1. The largest absolute Gasteiger partial charge is 0.376 e. The lowest BCUT2D eigenvalue weighted by Crippen LogP contribution is -2.13. The Labute approximate surface area is 120 Å². The van der Waals surface area contributed by atoms with Crippen molar-refractivity contribution < 1.29 is 13.6 Å². The van der Waals surface area contributed by atoms with Crippen LogP contribution in [0.1, 0.15) is 33.9 Å². The summed E-state index contributed by atoms with van der Waals surface area (Å²) in [6.07, 6.45) is 1.49. The highest BCUT2D eigenvalue weighted by Gasteiger charge is 2.23. The zero-order valence-corrected chi connectivity index (χ0v) is 11.2. The van der Waals surface area contributed by atoms with Crippen molar-refractivity contribution in [3.63, 3.8) is 0 Å². The van der Waals surface area contributed by atoms with E-state index in [0.29, 0.717) is 0 Å². The lowest BCUT2D eigenvalue weighted by atomic mass is 10.1. The first-order chi connectivity index (χ1) is 10.0. The number of nitrogens with two attached hydrogens (primary N) is 1. The van der Waals surface area contributed by atoms with Crippen LogP contribution in [0.4, 0.5) is 14.5 Å². The van der Waals surface area contributed by atoms with Crippen LogP contribution in [-0.2, 0) is 6.42 Å². The molecular formula is C16H14F2N2O. The maximum atomic E-state index is 13.9. The molecule has 0 bridgehead atoms. The zero-order valence-electron chi connectivity index (χ0n) is 11.2. The third kappa shape index (κ3) is 2.59. The molecule has 0 spiro atoms. The summed E-state index contributed by atoms with van der Waals surface area (Å²) < 4.78 is 27.0. The number of hydrogen-bond acceptors (Lipinski definition) is 2. The van der Waals surface area contributed by atoms with Crippen molar-refractivity contribution in [1.29, 1.82) is 0 Å². The van der Waals surface area contributed by atoms with Gasteiger partial charge < -0.3 is 11.1 Å². The number of benzene rings is 2. The number of fused-ring (bicyclic) bond motifs is 1. The minimum atomic E-state index is -0.605. The van der Waals surface area contributed by atoms with E-state index >= 15 is 0 Å². The summed E-state index contributed by atoms with van der Waals surface area (Å²) in [5.74, 6) is -1.32. The van der Waals surface area contributed by atoms with Crippen LogP contribution in [0.3, 0.4) is 0 Å². The van der Waals surface area contributed by atoms with Gasteiger partial charge in [-0.1, -0.05) is 6.07 Å². The Morgan fingerprint density at radius 2 is 2.00 bits per heavy atom. The summed E-state index contributed by atoms with van der Waals surface area (Å²) in [6, 6.07) is 8.48. The highest BCUT2D eigenvalue weighted by molar-refractivity contribution is 5.93. The molecule has 0 fully saturated rings. The molecule has 1 aliphatic carbocycles. The first-order valence-corrected chi connectivity index (χ1v) is 6.69. The molecule has 0 aliphatic heterocycles. The predicted octanol–water partition coefficient (Wildman–Crippen LogP) is 3.16. The number of carbonyl (C=O) groups excluding carboxylic acids is 1. The van der Waals surface area contributed by atoms with Crippen molar-refractivity contribution >= 4 is 11.6 Å². The molecule has 3 N–H and O–H groups in total. The lowest BCUT2D eigenvalue weighted by molar-refractivity contribution is 0.100. The number of nitrogens with one attached hydrogen (secondary N) is 1. The van der Waals surface area contributed by atoms with Crippen molar-refractivity contribution in [2.24, 2.45) is 5.73 Å². The van der Waals surface area contributed by atoms with E-state index in [1.165, 1.54) is 30.3 Å². The molecule has 21 heavy (non-hydrogen) atoms. The quantitative estimate of drug-likeness (QED) is 0.911. The van der Waals surface area contributed by atoms with E-state index in [9.17, 15) is 13.6 Å². The smallest absolute Gasteiger partial charge is 0.248 e. The van der Waals surface area contributed by atoms with E-state index in [1.54, 1.807) is 6.07 Å². The van der Waals surface area contributed by atoms with Gasteiger partial charge in [-0.25, -0.2) is 8.78 Å². The second kappa shape index (κ2) is 5.16. The molecule has 2 aromatic carbocycles. The summed E-state index contributed by atoms with van der Waals surface area (Å²) >= 11 is 0. The second-order valence-corrected chi connectivity index (χ2v) is 5.14. The van der Waals surface area contributed by atoms with Gasteiger partial charge in [0.05, 0.1) is 11.7 Å². The molecule has 2 aromatic rings. The maximum absolute atomic E-state index is 13.9. The number of carbonyl (C=O) groups is 1. The second-order valence-electron chi connectivity index (χ2n) is 5.14. The molecule has 108 valence electrons. The van der Waals surface area contributed by atoms with Crippen molar-refractivity contribution in [3.8, 4) is 0 Å². The SMILES string of the molecule is NC(=O)c1ccc(F)c(NC2CCc3cc(F)ccc32)c1. The molecule has 1 amide bonds. The molecule has 1 aliphatic rings. The Morgan fingerprint density at radius 1 is 1.19 bits per heavy atom. The van der Waals surface area contributed by atoms with E-state index in [4.69, 9.17) is 5.73 Å². The van der Waals surface area contributed by atoms with Crippen LogP contribution < -0.4 is 11.1 Å². The minimum Gasteiger partial charge on any atom is -0.376 e. The van der Waals surface area contributed by atoms with Gasteiger partial charge in [-0.15, -0.1) is 0 Å². The molecule has 0 radical (unpaired) electrons. The number of anilines is 1. The number of aryl methyl sites for hydroxylation is 1. The van der Waals surface area contributed by atoms with Crippen molar-refractivity contribution in [1.82, 2.24) is 0 Å². The Kier molecular flexibility index (Phi) is 3.33. The lowest BCUT2D eigenvalue weighted by Gasteiger charge is -2.16. The van der Waals surface area contributed by atoms with Gasteiger partial charge in [-0.2, -0.15) is 0 Å². The summed E-state index contributed by atoms with van der Waals surface area (Å²) in [4.78, 5) is 11.2. The average Bonchev–Trinajstić information content (AvgIpc) is 2.83. The van der Waals surface area contributed by atoms with E-state index in [1.807, 2.05) is 0 Å². The topological polar surface area (TPSA) is 55.1 Å². The van der Waals surface area contributed by atoms with Crippen LogP contribution in [0, 0.1) is 11.6 Å². The molecule has 1 atom stereocenters. The molecule has 0 saturated carbocycles. The molecule has 0 aromatic heterocycles. The highest BCUT2D eigenvalue weighted by atomic mass is 19.1. The Hall–Kier alpha value is -2.43. The van der Waals surface area contributed by atoms with Crippen LogP contribution in [0.5, 0.6) is 0 Å². The fourth-order valence-electron chi connectivity index (χ4n) is 2.71. The van der Waals surface area contributed by atoms with Crippen molar-refractivity contribution in [2.45, 2.75) is 18.9 Å². The van der Waals surface area contributed by atoms with Gasteiger partial charge in [0.15, 0.2) is 0 Å². The standard InChI is InChI=1S/C16H14F2N2O/c17-11-3-4-12-9(7-11)2-6-14(12)20-15-8-10(16(19)21)1-5-13(15)18/h1,3-5,7-8,14,20H,2,6H2,(H2,19,21). The summed E-state index contributed by atoms with van der Waals surface area (Å²) in [6.45, 7) is 0. The molecular weight excluding hydrogens is 274 g/mol. The fraction of sp³-hybridized carbons (Fsp3) is 0.188. The molecule has 0 saturated heterocycles. The normalized spacial score (nSPS) is 16.6. The summed E-state index contributed by atoms with van der Waals surface area (Å²) in [7, 11) is 0. The van der Waals surface area contributed by atoms with Crippen LogP contribution >= 0.6 is 0 Å². The number of hydrogen-bond donors (Lipinski definition) is 2. The van der Waals surface area contributed by atoms with E-state index in [-0.39, 0.29) is 23.1 Å². The Bertz CT molecular complexity index is 715. The Morgan fingerprint density at radius 3 is 2.76 bits per heavy atom. The van der Waals surface area contributed by atoms with Gasteiger partial charge in [0, 0.05) is 5.56 Å². The van der Waals surface area contributed by atoms with Gasteiger partial charge in [0.1, 0.15) is 11.6 Å². The third-order valence-corrected chi connectivity index (χ3v) is 3.76. The van der Waals surface area contributed by atoms with E-state index < -0.39 is 11.7 Å². The van der Waals surface area contributed by atoms with Crippen LogP contribution in [-0.4, -0.2) is 5.91 Å². The van der Waals surface area contributed by atoms with Gasteiger partial charge >= 0.3 is 0 Å². The first-order valence-electron chi connectivity index (χ1n) is 6.69. The third-order valence-electron chi connectivity index (χ3n) is 3.76. The van der Waals surface area contributed by atoms with Crippen molar-refractivity contribution in [2.75, 3.05) is 5.32 Å². The van der Waals surface area contributed by atoms with Crippen molar-refractivity contribution in [3.05, 3.63) is 64.7 Å². The van der Waals surface area contributed by atoms with Gasteiger partial charge in [0.25, 0.3) is 0 Å². The molecule has 3 rings (SSSR count). The van der Waals surface area contributed by atoms with Crippen LogP contribution in [0.2, 0.25) is 0 Å². The monoisotopic (exact) mass is 288 g/mol. The zero-order chi connectivity index (χ0) is 15.0. The van der Waals surface area contributed by atoms with Crippen LogP contribution in [0.25, 0.3) is 0 Å². The number of halogens is 2. The number of rotatable bonds is 3. The van der Waals surface area contributed by atoms with Gasteiger partial charge in [0.2, 0.25) is 5.91 Å². The fourth-order valence-corrected chi connectivity index (χ4v) is 2.71. The molecule has 1 unspecified atom stereocenters. The van der Waals surface area contributed by atoms with E-state index in [0.717, 1.165) is 24.0 Å². The summed E-state index contributed by atoms with van der Waals surface area (Å²) in [5.41, 5.74) is 7.57. The predicted molar refractivity (Wildman–Crippen MR) is 76.0 cm³/mol. The average molecular weight is 288 g/mol. The molecule has 5 heteroatoms. The number of primary amides is 1. The van der Waals surface area contributed by atoms with E-state index in [2.05, 4.69) is 5.32 Å². The van der Waals surface area contributed by atoms with Gasteiger partial charge in [-0.05, 0) is 54.3 Å².